The van der Waals surface area contributed by atoms with Crippen molar-refractivity contribution in [2.75, 3.05) is 11.1 Å². The van der Waals surface area contributed by atoms with E-state index in [1.54, 1.807) is 12.1 Å². The minimum Gasteiger partial charge on any atom is -0.451 e. The van der Waals surface area contributed by atoms with Crippen LogP contribution < -0.4 is 11.1 Å². The van der Waals surface area contributed by atoms with Crippen LogP contribution >= 0.6 is 0 Å². The molecule has 0 saturated heterocycles. The number of nitrogens with one attached hydrogen (secondary N) is 1. The zero-order chi connectivity index (χ0) is 14.1. The molecule has 3 aromatic rings. The second kappa shape index (κ2) is 4.70. The van der Waals surface area contributed by atoms with E-state index in [1.807, 2.05) is 18.2 Å². The van der Waals surface area contributed by atoms with Gasteiger partial charge in [-0.15, -0.1) is 0 Å². The molecule has 4 nitrogen and oxygen atoms in total. The Labute approximate surface area is 114 Å². The molecule has 3 rings (SSSR count). The number of hydrogen-bond donors (Lipinski definition) is 2. The molecule has 2 aromatic carbocycles. The Bertz CT molecular complexity index is 742. The number of para-hydroxylation sites is 2. The number of rotatable bonds is 2. The summed E-state index contributed by atoms with van der Waals surface area (Å²) in [5, 5.41) is 3.23. The lowest BCUT2D eigenvalue weighted by Crippen LogP contribution is -2.13. The number of furan rings is 1. The van der Waals surface area contributed by atoms with Crippen molar-refractivity contribution in [2.45, 2.75) is 0 Å². The van der Waals surface area contributed by atoms with E-state index < -0.39 is 11.7 Å². The number of nitrogen functional groups attached to an aromatic ring is 1. The second-order valence-corrected chi connectivity index (χ2v) is 4.31. The molecule has 20 heavy (non-hydrogen) atoms. The molecule has 1 heterocycles. The molecule has 0 aliphatic carbocycles. The van der Waals surface area contributed by atoms with Crippen LogP contribution in [0.15, 0.2) is 52.9 Å². The zero-order valence-corrected chi connectivity index (χ0v) is 10.4. The van der Waals surface area contributed by atoms with Crippen LogP contribution in [0.5, 0.6) is 0 Å². The number of nitrogens with two attached hydrogens (primary N) is 1. The molecule has 0 atom stereocenters. The Morgan fingerprint density at radius 1 is 1.15 bits per heavy atom. The average Bonchev–Trinajstić information content (AvgIpc) is 2.87. The summed E-state index contributed by atoms with van der Waals surface area (Å²) in [4.78, 5) is 12.1. The van der Waals surface area contributed by atoms with E-state index in [2.05, 4.69) is 5.32 Å². The molecule has 5 heteroatoms. The quantitative estimate of drug-likeness (QED) is 0.701. The lowest BCUT2D eigenvalue weighted by molar-refractivity contribution is 0.0998. The fourth-order valence-electron chi connectivity index (χ4n) is 1.94. The maximum atomic E-state index is 13.6. The fourth-order valence-corrected chi connectivity index (χ4v) is 1.94. The first-order valence-corrected chi connectivity index (χ1v) is 5.99. The minimum absolute atomic E-state index is 0.0436. The smallest absolute Gasteiger partial charge is 0.291 e. The Hall–Kier alpha value is -2.82. The van der Waals surface area contributed by atoms with Gasteiger partial charge in [-0.1, -0.05) is 24.3 Å². The van der Waals surface area contributed by atoms with Crippen LogP contribution in [0.1, 0.15) is 10.6 Å². The van der Waals surface area contributed by atoms with Gasteiger partial charge in [0.25, 0.3) is 5.91 Å². The monoisotopic (exact) mass is 270 g/mol. The van der Waals surface area contributed by atoms with E-state index in [9.17, 15) is 9.18 Å². The van der Waals surface area contributed by atoms with Crippen LogP contribution in [0.4, 0.5) is 15.8 Å². The molecule has 1 aromatic heterocycles. The van der Waals surface area contributed by atoms with Gasteiger partial charge in [0.05, 0.1) is 5.69 Å². The number of halogens is 1. The molecule has 0 bridgehead atoms. The van der Waals surface area contributed by atoms with Gasteiger partial charge in [-0.05, 0) is 24.3 Å². The summed E-state index contributed by atoms with van der Waals surface area (Å²) in [6.45, 7) is 0. The zero-order valence-electron chi connectivity index (χ0n) is 10.4. The summed E-state index contributed by atoms with van der Waals surface area (Å²) in [7, 11) is 0. The van der Waals surface area contributed by atoms with Gasteiger partial charge in [0.15, 0.2) is 5.76 Å². The van der Waals surface area contributed by atoms with Gasteiger partial charge in [0.1, 0.15) is 17.1 Å². The Morgan fingerprint density at radius 2 is 1.95 bits per heavy atom. The predicted molar refractivity (Wildman–Crippen MR) is 75.0 cm³/mol. The summed E-state index contributed by atoms with van der Waals surface area (Å²) in [6, 6.07) is 13.0. The van der Waals surface area contributed by atoms with Gasteiger partial charge in [-0.3, -0.25) is 4.79 Å². The van der Waals surface area contributed by atoms with Crippen LogP contribution in [0.2, 0.25) is 0 Å². The molecule has 0 aliphatic rings. The van der Waals surface area contributed by atoms with Crippen molar-refractivity contribution in [2.24, 2.45) is 0 Å². The molecule has 100 valence electrons. The van der Waals surface area contributed by atoms with Gasteiger partial charge in [0, 0.05) is 5.39 Å². The molecule has 3 N–H and O–H groups in total. The normalized spacial score (nSPS) is 10.7. The molecule has 0 aliphatic heterocycles. The van der Waals surface area contributed by atoms with E-state index in [0.717, 1.165) is 5.39 Å². The van der Waals surface area contributed by atoms with Gasteiger partial charge in [0.2, 0.25) is 0 Å². The van der Waals surface area contributed by atoms with E-state index in [-0.39, 0.29) is 17.1 Å². The highest BCUT2D eigenvalue weighted by molar-refractivity contribution is 6.06. The maximum Gasteiger partial charge on any atom is 0.291 e. The largest absolute Gasteiger partial charge is 0.451 e. The van der Waals surface area contributed by atoms with Crippen molar-refractivity contribution in [3.8, 4) is 0 Å². The number of carbonyl (C=O) groups excluding carboxylic acids is 1. The minimum atomic E-state index is -0.588. The van der Waals surface area contributed by atoms with Crippen LogP contribution in [0.25, 0.3) is 11.0 Å². The van der Waals surface area contributed by atoms with Gasteiger partial charge in [-0.2, -0.15) is 0 Å². The summed E-state index contributed by atoms with van der Waals surface area (Å²) in [6.07, 6.45) is 0. The van der Waals surface area contributed by atoms with E-state index in [1.165, 1.54) is 18.2 Å². The number of anilines is 2. The standard InChI is InChI=1S/C15H11FN2O2/c16-10-5-3-6-11(17)14(10)18-15(19)13-8-9-4-1-2-7-12(9)20-13/h1-8H,17H2,(H,18,19). The second-order valence-electron chi connectivity index (χ2n) is 4.31. The SMILES string of the molecule is Nc1cccc(F)c1NC(=O)c1cc2ccccc2o1. The Kier molecular flexibility index (Phi) is 2.87. The van der Waals surface area contributed by atoms with Crippen molar-refractivity contribution in [1.82, 2.24) is 0 Å². The van der Waals surface area contributed by atoms with Gasteiger partial charge in [-0.25, -0.2) is 4.39 Å². The van der Waals surface area contributed by atoms with E-state index >= 15 is 0 Å². The Balaban J connectivity index is 1.93. The van der Waals surface area contributed by atoms with Crippen LogP contribution in [0, 0.1) is 5.82 Å². The van der Waals surface area contributed by atoms with Crippen LogP contribution in [0.3, 0.4) is 0 Å². The molecular weight excluding hydrogens is 259 g/mol. The molecule has 0 saturated carbocycles. The summed E-state index contributed by atoms with van der Waals surface area (Å²) < 4.78 is 19.0. The first kappa shape index (κ1) is 12.2. The van der Waals surface area contributed by atoms with Gasteiger partial charge < -0.3 is 15.5 Å². The highest BCUT2D eigenvalue weighted by Crippen LogP contribution is 2.24. The van der Waals surface area contributed by atoms with Gasteiger partial charge >= 0.3 is 0 Å². The highest BCUT2D eigenvalue weighted by atomic mass is 19.1. The number of fused-ring (bicyclic) bond motifs is 1. The maximum absolute atomic E-state index is 13.6. The third-order valence-electron chi connectivity index (χ3n) is 2.93. The van der Waals surface area contributed by atoms with Crippen molar-refractivity contribution in [3.05, 3.63) is 60.1 Å². The topological polar surface area (TPSA) is 68.3 Å². The van der Waals surface area contributed by atoms with Crippen molar-refractivity contribution >= 4 is 28.3 Å². The van der Waals surface area contributed by atoms with Crippen molar-refractivity contribution in [1.29, 1.82) is 0 Å². The van der Waals surface area contributed by atoms with Crippen molar-refractivity contribution in [3.63, 3.8) is 0 Å². The van der Waals surface area contributed by atoms with Crippen molar-refractivity contribution < 1.29 is 13.6 Å². The molecule has 0 spiro atoms. The van der Waals surface area contributed by atoms with E-state index in [4.69, 9.17) is 10.2 Å². The van der Waals surface area contributed by atoms with E-state index in [0.29, 0.717) is 5.58 Å². The highest BCUT2D eigenvalue weighted by Gasteiger charge is 2.15. The first-order chi connectivity index (χ1) is 9.65. The molecule has 0 radical (unpaired) electrons. The average molecular weight is 270 g/mol. The number of amides is 1. The number of hydrogen-bond acceptors (Lipinski definition) is 3. The molecule has 1 amide bonds. The van der Waals surface area contributed by atoms with Crippen LogP contribution in [-0.2, 0) is 0 Å². The molecular formula is C15H11FN2O2. The van der Waals surface area contributed by atoms with Crippen LogP contribution in [-0.4, -0.2) is 5.91 Å². The fraction of sp³-hybridized carbons (Fsp3) is 0. The lowest BCUT2D eigenvalue weighted by atomic mass is 10.2. The summed E-state index contributed by atoms with van der Waals surface area (Å²) in [5.74, 6) is -1.03. The predicted octanol–water partition coefficient (Wildman–Crippen LogP) is 3.41. The summed E-state index contributed by atoms with van der Waals surface area (Å²) >= 11 is 0. The molecule has 0 fully saturated rings. The first-order valence-electron chi connectivity index (χ1n) is 5.99. The third kappa shape index (κ3) is 2.09. The molecule has 0 unspecified atom stereocenters. The number of benzene rings is 2. The Morgan fingerprint density at radius 3 is 2.70 bits per heavy atom. The number of carbonyl (C=O) groups is 1. The lowest BCUT2D eigenvalue weighted by Gasteiger charge is -2.07. The third-order valence-corrected chi connectivity index (χ3v) is 2.93. The summed E-state index contributed by atoms with van der Waals surface area (Å²) in [5.41, 5.74) is 6.35.